The fourth-order valence-electron chi connectivity index (χ4n) is 2.52. The average molecular weight is 360 g/mol. The number of aryl methyl sites for hydroxylation is 2. The lowest BCUT2D eigenvalue weighted by atomic mass is 9.98. The van der Waals surface area contributed by atoms with E-state index in [0.29, 0.717) is 0 Å². The van der Waals surface area contributed by atoms with Gasteiger partial charge in [0, 0.05) is 15.3 Å². The number of hydrogen-bond donors (Lipinski definition) is 2. The van der Waals surface area contributed by atoms with Gasteiger partial charge in [-0.25, -0.2) is 0 Å². The first kappa shape index (κ1) is 19.7. The summed E-state index contributed by atoms with van der Waals surface area (Å²) in [4.78, 5) is 2.60. The monoisotopic (exact) mass is 359 g/mol. The Balaban J connectivity index is 1.71. The molecule has 0 fully saturated rings. The number of rotatable bonds is 10. The molecule has 0 radical (unpaired) electrons. The van der Waals surface area contributed by atoms with Gasteiger partial charge in [-0.05, 0) is 74.9 Å². The first-order chi connectivity index (χ1) is 12.0. The van der Waals surface area contributed by atoms with Crippen molar-refractivity contribution in [2.75, 3.05) is 13.7 Å². The van der Waals surface area contributed by atoms with E-state index in [1.807, 2.05) is 19.1 Å². The summed E-state index contributed by atoms with van der Waals surface area (Å²) in [5.41, 5.74) is 6.85. The van der Waals surface area contributed by atoms with Crippen molar-refractivity contribution in [3.63, 3.8) is 0 Å². The normalized spacial score (nSPS) is 13.9. The van der Waals surface area contributed by atoms with Crippen molar-refractivity contribution in [2.45, 2.75) is 44.6 Å². The van der Waals surface area contributed by atoms with Gasteiger partial charge in [0.1, 0.15) is 5.75 Å². The summed E-state index contributed by atoms with van der Waals surface area (Å²) >= 11 is 1.80. The molecule has 1 atom stereocenters. The van der Waals surface area contributed by atoms with E-state index in [1.54, 1.807) is 18.4 Å². The van der Waals surface area contributed by atoms with Gasteiger partial charge in [0.25, 0.3) is 0 Å². The summed E-state index contributed by atoms with van der Waals surface area (Å²) in [5.74, 6) is 0.908. The Morgan fingerprint density at radius 2 is 1.92 bits per heavy atom. The molecule has 1 heterocycles. The van der Waals surface area contributed by atoms with Crippen LogP contribution in [0.5, 0.6) is 5.75 Å². The van der Waals surface area contributed by atoms with Gasteiger partial charge in [-0.1, -0.05) is 18.2 Å². The van der Waals surface area contributed by atoms with Crippen LogP contribution in [0.4, 0.5) is 0 Å². The molecule has 0 saturated heterocycles. The second-order valence-corrected chi connectivity index (χ2v) is 7.96. The second-order valence-electron chi connectivity index (χ2n) is 6.76. The predicted octanol–water partition coefficient (Wildman–Crippen LogP) is 4.44. The van der Waals surface area contributed by atoms with Crippen LogP contribution in [0.1, 0.15) is 41.5 Å². The van der Waals surface area contributed by atoms with E-state index in [2.05, 4.69) is 36.4 Å². The van der Waals surface area contributed by atoms with Crippen LogP contribution in [0.25, 0.3) is 6.08 Å². The van der Waals surface area contributed by atoms with Crippen LogP contribution in [0.3, 0.4) is 0 Å². The molecule has 0 amide bonds. The Hall–Kier alpha value is -1.62. The van der Waals surface area contributed by atoms with E-state index in [1.165, 1.54) is 15.3 Å². The molecule has 2 rings (SSSR count). The highest BCUT2D eigenvalue weighted by molar-refractivity contribution is 7.12. The SMILES string of the molecule is COc1ccc(CCC/C=C/c2ccc(CCC(C)(N)CO)s2)cc1. The van der Waals surface area contributed by atoms with Crippen molar-refractivity contribution < 1.29 is 9.84 Å². The Morgan fingerprint density at radius 3 is 2.60 bits per heavy atom. The van der Waals surface area contributed by atoms with Gasteiger partial charge in [-0.2, -0.15) is 0 Å². The third kappa shape index (κ3) is 7.02. The molecule has 0 bridgehead atoms. The summed E-state index contributed by atoms with van der Waals surface area (Å²) in [6.07, 6.45) is 9.47. The highest BCUT2D eigenvalue weighted by Crippen LogP contribution is 2.22. The molecule has 25 heavy (non-hydrogen) atoms. The first-order valence-electron chi connectivity index (χ1n) is 8.80. The number of ether oxygens (including phenoxy) is 1. The second kappa shape index (κ2) is 9.76. The van der Waals surface area contributed by atoms with E-state index >= 15 is 0 Å². The van der Waals surface area contributed by atoms with Crippen LogP contribution in [0.2, 0.25) is 0 Å². The zero-order valence-corrected chi connectivity index (χ0v) is 16.0. The average Bonchev–Trinajstić information content (AvgIpc) is 3.08. The number of allylic oxidation sites excluding steroid dienone is 1. The highest BCUT2D eigenvalue weighted by atomic mass is 32.1. The van der Waals surface area contributed by atoms with Crippen LogP contribution in [0, 0.1) is 0 Å². The number of thiophene rings is 1. The van der Waals surface area contributed by atoms with Gasteiger partial charge in [-0.3, -0.25) is 0 Å². The molecule has 0 saturated carbocycles. The molecule has 1 aromatic heterocycles. The summed E-state index contributed by atoms with van der Waals surface area (Å²) in [6.45, 7) is 1.92. The number of methoxy groups -OCH3 is 1. The fraction of sp³-hybridized carbons (Fsp3) is 0.429. The molecular weight excluding hydrogens is 330 g/mol. The third-order valence-corrected chi connectivity index (χ3v) is 5.37. The minimum atomic E-state index is -0.485. The first-order valence-corrected chi connectivity index (χ1v) is 9.62. The van der Waals surface area contributed by atoms with Gasteiger partial charge in [0.05, 0.1) is 13.7 Å². The Kier molecular flexibility index (Phi) is 7.69. The number of aliphatic hydroxyl groups excluding tert-OH is 1. The van der Waals surface area contributed by atoms with Crippen LogP contribution in [-0.2, 0) is 12.8 Å². The zero-order valence-electron chi connectivity index (χ0n) is 15.2. The summed E-state index contributed by atoms with van der Waals surface area (Å²) in [7, 11) is 1.69. The van der Waals surface area contributed by atoms with Gasteiger partial charge < -0.3 is 15.6 Å². The maximum atomic E-state index is 9.21. The standard InChI is InChI=1S/C21H29NO2S/c1-21(22,16-23)15-14-20-13-12-19(25-20)7-5-3-4-6-17-8-10-18(24-2)11-9-17/h5,7-13,23H,3-4,6,14-16,22H2,1-2H3/b7-5+. The lowest BCUT2D eigenvalue weighted by molar-refractivity contribution is 0.201. The minimum absolute atomic E-state index is 0.0271. The minimum Gasteiger partial charge on any atom is -0.497 e. The van der Waals surface area contributed by atoms with Gasteiger partial charge >= 0.3 is 0 Å². The largest absolute Gasteiger partial charge is 0.497 e. The molecule has 1 aromatic carbocycles. The summed E-state index contributed by atoms with van der Waals surface area (Å²) in [5, 5.41) is 9.21. The van der Waals surface area contributed by atoms with E-state index < -0.39 is 5.54 Å². The predicted molar refractivity (Wildman–Crippen MR) is 107 cm³/mol. The number of hydrogen-bond acceptors (Lipinski definition) is 4. The van der Waals surface area contributed by atoms with Crippen LogP contribution in [0.15, 0.2) is 42.5 Å². The van der Waals surface area contributed by atoms with Gasteiger partial charge in [0.2, 0.25) is 0 Å². The zero-order chi connectivity index (χ0) is 18.1. The third-order valence-electron chi connectivity index (χ3n) is 4.26. The van der Waals surface area contributed by atoms with Crippen molar-refractivity contribution in [2.24, 2.45) is 5.73 Å². The van der Waals surface area contributed by atoms with Crippen molar-refractivity contribution in [1.29, 1.82) is 0 Å². The summed E-state index contributed by atoms with van der Waals surface area (Å²) < 4.78 is 5.18. The quantitative estimate of drug-likeness (QED) is 0.617. The molecule has 0 aliphatic carbocycles. The van der Waals surface area contributed by atoms with E-state index in [4.69, 9.17) is 10.5 Å². The molecule has 0 spiro atoms. The number of nitrogens with two attached hydrogens (primary N) is 1. The smallest absolute Gasteiger partial charge is 0.118 e. The Labute approximate surface area is 155 Å². The van der Waals surface area contributed by atoms with E-state index in [0.717, 1.165) is 37.9 Å². The van der Waals surface area contributed by atoms with Gasteiger partial charge in [-0.15, -0.1) is 11.3 Å². The lowest BCUT2D eigenvalue weighted by Gasteiger charge is -2.20. The van der Waals surface area contributed by atoms with Crippen molar-refractivity contribution >= 4 is 17.4 Å². The molecular formula is C21H29NO2S. The highest BCUT2D eigenvalue weighted by Gasteiger charge is 2.16. The molecule has 0 aliphatic rings. The fourth-order valence-corrected chi connectivity index (χ4v) is 3.47. The summed E-state index contributed by atoms with van der Waals surface area (Å²) in [6, 6.07) is 12.6. The molecule has 136 valence electrons. The molecule has 2 aromatic rings. The molecule has 4 heteroatoms. The number of aliphatic hydroxyl groups is 1. The van der Waals surface area contributed by atoms with E-state index in [9.17, 15) is 5.11 Å². The molecule has 0 aliphatic heterocycles. The van der Waals surface area contributed by atoms with E-state index in [-0.39, 0.29) is 6.61 Å². The lowest BCUT2D eigenvalue weighted by Crippen LogP contribution is -2.40. The number of benzene rings is 1. The molecule has 1 unspecified atom stereocenters. The maximum absolute atomic E-state index is 9.21. The van der Waals surface area contributed by atoms with Crippen molar-refractivity contribution in [3.8, 4) is 5.75 Å². The van der Waals surface area contributed by atoms with Crippen LogP contribution < -0.4 is 10.5 Å². The Morgan fingerprint density at radius 1 is 1.16 bits per heavy atom. The molecule has 3 N–H and O–H groups in total. The Bertz CT molecular complexity index is 659. The topological polar surface area (TPSA) is 55.5 Å². The van der Waals surface area contributed by atoms with Crippen molar-refractivity contribution in [3.05, 3.63) is 57.8 Å². The van der Waals surface area contributed by atoms with Crippen LogP contribution >= 0.6 is 11.3 Å². The van der Waals surface area contributed by atoms with Gasteiger partial charge in [0.15, 0.2) is 0 Å². The van der Waals surface area contributed by atoms with Crippen LogP contribution in [-0.4, -0.2) is 24.4 Å². The number of unbranched alkanes of at least 4 members (excludes halogenated alkanes) is 1. The van der Waals surface area contributed by atoms with Crippen molar-refractivity contribution in [1.82, 2.24) is 0 Å². The maximum Gasteiger partial charge on any atom is 0.118 e. The molecule has 3 nitrogen and oxygen atoms in total.